The number of ether oxygens (including phenoxy) is 3. The Morgan fingerprint density at radius 3 is 2.38 bits per heavy atom. The van der Waals surface area contributed by atoms with Crippen molar-refractivity contribution >= 4 is 12.1 Å². The summed E-state index contributed by atoms with van der Waals surface area (Å²) in [4.78, 5) is 12.4. The van der Waals surface area contributed by atoms with Crippen LogP contribution in [0.2, 0.25) is 0 Å². The van der Waals surface area contributed by atoms with E-state index in [1.54, 1.807) is 24.4 Å². The summed E-state index contributed by atoms with van der Waals surface area (Å²) in [5.41, 5.74) is 6.13. The van der Waals surface area contributed by atoms with Gasteiger partial charge in [0.1, 0.15) is 12.4 Å². The zero-order chi connectivity index (χ0) is 22.9. The summed E-state index contributed by atoms with van der Waals surface area (Å²) < 4.78 is 16.8. The van der Waals surface area contributed by atoms with Crippen LogP contribution < -0.4 is 19.6 Å². The highest BCUT2D eigenvalue weighted by atomic mass is 16.5. The Morgan fingerprint density at radius 2 is 1.72 bits per heavy atom. The van der Waals surface area contributed by atoms with Crippen LogP contribution in [0, 0.1) is 6.92 Å². The molecule has 0 aliphatic heterocycles. The number of nitrogens with zero attached hydrogens (tertiary/aromatic N) is 1. The highest BCUT2D eigenvalue weighted by molar-refractivity contribution is 5.95. The molecule has 0 atom stereocenters. The third-order valence-electron chi connectivity index (χ3n) is 4.57. The number of aryl methyl sites for hydroxylation is 1. The molecule has 0 bridgehead atoms. The number of amides is 1. The summed E-state index contributed by atoms with van der Waals surface area (Å²) in [5.74, 6) is 1.51. The van der Waals surface area contributed by atoms with Crippen molar-refractivity contribution in [3.8, 4) is 17.2 Å². The van der Waals surface area contributed by atoms with Gasteiger partial charge < -0.3 is 14.2 Å². The van der Waals surface area contributed by atoms with E-state index in [1.165, 1.54) is 12.7 Å². The van der Waals surface area contributed by atoms with Crippen LogP contribution in [-0.4, -0.2) is 25.3 Å². The molecule has 0 saturated heterocycles. The highest BCUT2D eigenvalue weighted by Gasteiger charge is 2.11. The van der Waals surface area contributed by atoms with Crippen molar-refractivity contribution in [3.63, 3.8) is 0 Å². The number of hydrogen-bond acceptors (Lipinski definition) is 5. The van der Waals surface area contributed by atoms with Crippen molar-refractivity contribution in [3.05, 3.63) is 89.0 Å². The van der Waals surface area contributed by atoms with Crippen molar-refractivity contribution < 1.29 is 19.0 Å². The monoisotopic (exact) mass is 432 g/mol. The number of benzene rings is 3. The normalized spacial score (nSPS) is 10.9. The maximum absolute atomic E-state index is 12.4. The lowest BCUT2D eigenvalue weighted by molar-refractivity contribution is 0.0954. The molecular weight excluding hydrogens is 404 g/mol. The molecule has 32 heavy (non-hydrogen) atoms. The highest BCUT2D eigenvalue weighted by Crippen LogP contribution is 2.29. The summed E-state index contributed by atoms with van der Waals surface area (Å²) in [7, 11) is 1.54. The Labute approximate surface area is 188 Å². The fraction of sp³-hybridized carbons (Fsp3) is 0.231. The molecule has 0 spiro atoms. The Balaban J connectivity index is 1.54. The van der Waals surface area contributed by atoms with Crippen LogP contribution in [0.1, 0.15) is 40.9 Å². The van der Waals surface area contributed by atoms with Crippen molar-refractivity contribution in [2.45, 2.75) is 33.5 Å². The number of nitrogens with one attached hydrogen (secondary N) is 1. The van der Waals surface area contributed by atoms with Gasteiger partial charge in [0.05, 0.1) is 19.4 Å². The largest absolute Gasteiger partial charge is 0.493 e. The van der Waals surface area contributed by atoms with Crippen LogP contribution >= 0.6 is 0 Å². The molecule has 0 aliphatic rings. The molecule has 0 unspecified atom stereocenters. The molecule has 3 aromatic rings. The second-order valence-corrected chi connectivity index (χ2v) is 7.57. The Morgan fingerprint density at radius 1 is 1.00 bits per heavy atom. The number of hydrogen-bond donors (Lipinski definition) is 1. The van der Waals surface area contributed by atoms with E-state index in [0.29, 0.717) is 23.7 Å². The molecule has 3 aromatic carbocycles. The second-order valence-electron chi connectivity index (χ2n) is 7.57. The zero-order valence-corrected chi connectivity index (χ0v) is 18.8. The topological polar surface area (TPSA) is 69.2 Å². The molecule has 0 fully saturated rings. The smallest absolute Gasteiger partial charge is 0.271 e. The third kappa shape index (κ3) is 6.60. The third-order valence-corrected chi connectivity index (χ3v) is 4.57. The Kier molecular flexibility index (Phi) is 7.86. The first-order valence-electron chi connectivity index (χ1n) is 10.4. The van der Waals surface area contributed by atoms with Gasteiger partial charge >= 0.3 is 0 Å². The van der Waals surface area contributed by atoms with Gasteiger partial charge in [-0.2, -0.15) is 5.10 Å². The molecule has 6 nitrogen and oxygen atoms in total. The van der Waals surface area contributed by atoms with Gasteiger partial charge in [-0.05, 0) is 74.4 Å². The molecule has 1 N–H and O–H groups in total. The second kappa shape index (κ2) is 11.0. The van der Waals surface area contributed by atoms with Crippen LogP contribution in [0.4, 0.5) is 0 Å². The van der Waals surface area contributed by atoms with Gasteiger partial charge in [-0.25, -0.2) is 5.43 Å². The summed E-state index contributed by atoms with van der Waals surface area (Å²) in [6.07, 6.45) is 1.59. The van der Waals surface area contributed by atoms with E-state index >= 15 is 0 Å². The first-order valence-corrected chi connectivity index (χ1v) is 10.4. The van der Waals surface area contributed by atoms with E-state index in [4.69, 9.17) is 14.2 Å². The fourth-order valence-electron chi connectivity index (χ4n) is 2.89. The van der Waals surface area contributed by atoms with Gasteiger partial charge in [0.2, 0.25) is 0 Å². The lowest BCUT2D eigenvalue weighted by Crippen LogP contribution is -2.18. The molecule has 6 heteroatoms. The first kappa shape index (κ1) is 22.9. The molecule has 0 heterocycles. The van der Waals surface area contributed by atoms with Crippen molar-refractivity contribution in [2.24, 2.45) is 5.10 Å². The van der Waals surface area contributed by atoms with Crippen molar-refractivity contribution in [2.75, 3.05) is 7.11 Å². The van der Waals surface area contributed by atoms with E-state index in [1.807, 2.05) is 38.1 Å². The van der Waals surface area contributed by atoms with E-state index in [-0.39, 0.29) is 12.0 Å². The van der Waals surface area contributed by atoms with E-state index < -0.39 is 0 Å². The van der Waals surface area contributed by atoms with Crippen molar-refractivity contribution in [1.82, 2.24) is 5.43 Å². The standard InChI is InChI=1S/C26H28N2O4/c1-18(2)32-24-14-11-22(15-25(24)30-4)26(29)28-27-16-20-9-12-23(13-10-20)31-17-21-7-5-19(3)6-8-21/h5-16,18H,17H2,1-4H3,(H,28,29)/b27-16+. The average molecular weight is 433 g/mol. The van der Waals surface area contributed by atoms with Gasteiger partial charge in [-0.3, -0.25) is 4.79 Å². The van der Waals surface area contributed by atoms with Gasteiger partial charge in [0.25, 0.3) is 5.91 Å². The van der Waals surface area contributed by atoms with Crippen LogP contribution in [0.3, 0.4) is 0 Å². The van der Waals surface area contributed by atoms with E-state index in [0.717, 1.165) is 16.9 Å². The molecule has 0 aromatic heterocycles. The molecule has 1 amide bonds. The summed E-state index contributed by atoms with van der Waals surface area (Å²) >= 11 is 0. The summed E-state index contributed by atoms with van der Waals surface area (Å²) in [5, 5.41) is 4.04. The number of methoxy groups -OCH3 is 1. The van der Waals surface area contributed by atoms with Crippen LogP contribution in [0.5, 0.6) is 17.2 Å². The number of rotatable bonds is 9. The lowest BCUT2D eigenvalue weighted by Gasteiger charge is -2.14. The van der Waals surface area contributed by atoms with Crippen LogP contribution in [0.25, 0.3) is 0 Å². The zero-order valence-electron chi connectivity index (χ0n) is 18.8. The molecule has 0 aliphatic carbocycles. The quantitative estimate of drug-likeness (QED) is 0.376. The molecular formula is C26H28N2O4. The summed E-state index contributed by atoms with van der Waals surface area (Å²) in [6, 6.07) is 20.8. The maximum atomic E-state index is 12.4. The van der Waals surface area contributed by atoms with Gasteiger partial charge in [0.15, 0.2) is 11.5 Å². The van der Waals surface area contributed by atoms with Gasteiger partial charge in [0, 0.05) is 5.56 Å². The van der Waals surface area contributed by atoms with Crippen LogP contribution in [-0.2, 0) is 6.61 Å². The molecule has 166 valence electrons. The fourth-order valence-corrected chi connectivity index (χ4v) is 2.89. The minimum atomic E-state index is -0.339. The van der Waals surface area contributed by atoms with Gasteiger partial charge in [-0.15, -0.1) is 0 Å². The average Bonchev–Trinajstić information content (AvgIpc) is 2.79. The number of carbonyl (C=O) groups is 1. The first-order chi connectivity index (χ1) is 15.4. The predicted molar refractivity (Wildman–Crippen MR) is 126 cm³/mol. The Hall–Kier alpha value is -3.80. The Bertz CT molecular complexity index is 1060. The minimum absolute atomic E-state index is 0.00701. The van der Waals surface area contributed by atoms with E-state index in [2.05, 4.69) is 41.7 Å². The van der Waals surface area contributed by atoms with Gasteiger partial charge in [-0.1, -0.05) is 29.8 Å². The molecule has 0 saturated carbocycles. The minimum Gasteiger partial charge on any atom is -0.493 e. The molecule has 3 rings (SSSR count). The van der Waals surface area contributed by atoms with E-state index in [9.17, 15) is 4.79 Å². The lowest BCUT2D eigenvalue weighted by atomic mass is 10.2. The SMILES string of the molecule is COc1cc(C(=O)N/N=C/c2ccc(OCc3ccc(C)cc3)cc2)ccc1OC(C)C. The molecule has 0 radical (unpaired) electrons. The predicted octanol–water partition coefficient (Wildman–Crippen LogP) is 5.13. The maximum Gasteiger partial charge on any atom is 0.271 e. The van der Waals surface area contributed by atoms with Crippen molar-refractivity contribution in [1.29, 1.82) is 0 Å². The van der Waals surface area contributed by atoms with Crippen LogP contribution in [0.15, 0.2) is 71.8 Å². The summed E-state index contributed by atoms with van der Waals surface area (Å²) in [6.45, 7) is 6.42. The number of carbonyl (C=O) groups excluding carboxylic acids is 1. The number of hydrazone groups is 1.